The molecule has 3 atom stereocenters. The van der Waals surface area contributed by atoms with Crippen molar-refractivity contribution in [1.29, 1.82) is 4.78 Å². The standard InChI is InChI=1S/C21H24F2N4O3S/c1-11-15(28)10-27(11)20-25-18(14-7-8-21(22,23)19(14)26-20)12-3-6-16(30-2)17(9-12)31(24,29)13-4-5-13/h3,6,9,11,13,15,24,28H,4-5,7-8,10H2,1-2H3/t11-,15+,31+/m0/s1. The molecule has 2 N–H and O–H groups in total. The van der Waals surface area contributed by atoms with Crippen molar-refractivity contribution in [2.45, 2.75) is 60.8 Å². The van der Waals surface area contributed by atoms with Crippen molar-refractivity contribution in [2.24, 2.45) is 0 Å². The molecule has 2 aliphatic carbocycles. The molecule has 1 aromatic carbocycles. The Morgan fingerprint density at radius 1 is 1.32 bits per heavy atom. The number of nitrogens with zero attached hydrogens (tertiary/aromatic N) is 3. The Balaban J connectivity index is 1.68. The summed E-state index contributed by atoms with van der Waals surface area (Å²) in [6.07, 6.45) is 0.691. The first-order valence-corrected chi connectivity index (χ1v) is 12.0. The molecule has 0 spiro atoms. The van der Waals surface area contributed by atoms with Gasteiger partial charge in [-0.1, -0.05) is 0 Å². The summed E-state index contributed by atoms with van der Waals surface area (Å²) in [5.74, 6) is -2.55. The molecule has 0 radical (unpaired) electrons. The largest absolute Gasteiger partial charge is 0.495 e. The molecule has 10 heteroatoms. The molecule has 5 rings (SSSR count). The van der Waals surface area contributed by atoms with Crippen molar-refractivity contribution in [3.8, 4) is 17.0 Å². The molecule has 31 heavy (non-hydrogen) atoms. The average molecular weight is 451 g/mol. The molecular weight excluding hydrogens is 426 g/mol. The van der Waals surface area contributed by atoms with E-state index < -0.39 is 21.8 Å². The van der Waals surface area contributed by atoms with E-state index in [-0.39, 0.29) is 47.2 Å². The van der Waals surface area contributed by atoms with Crippen molar-refractivity contribution < 1.29 is 22.8 Å². The Morgan fingerprint density at radius 2 is 2.06 bits per heavy atom. The van der Waals surface area contributed by atoms with Crippen LogP contribution in [0.5, 0.6) is 5.75 Å². The van der Waals surface area contributed by atoms with Gasteiger partial charge in [-0.05, 0) is 44.4 Å². The van der Waals surface area contributed by atoms with Crippen LogP contribution in [0.1, 0.15) is 37.4 Å². The number of anilines is 1. The zero-order valence-corrected chi connectivity index (χ0v) is 18.1. The zero-order valence-electron chi connectivity index (χ0n) is 17.3. The first-order valence-electron chi connectivity index (χ1n) is 10.3. The molecule has 1 aliphatic heterocycles. The Kier molecular flexibility index (Phi) is 4.53. The third-order valence-electron chi connectivity index (χ3n) is 6.48. The number of hydrogen-bond donors (Lipinski definition) is 2. The van der Waals surface area contributed by atoms with Gasteiger partial charge in [-0.2, -0.15) is 8.78 Å². The number of β-amino-alcohol motifs (C(OH)–C–C–N with tert-alkyl or cyclic N) is 1. The number of fused-ring (bicyclic) bond motifs is 1. The van der Waals surface area contributed by atoms with Gasteiger partial charge >= 0.3 is 0 Å². The lowest BCUT2D eigenvalue weighted by molar-refractivity contribution is -0.00603. The topological polar surface area (TPSA) is 99.4 Å². The van der Waals surface area contributed by atoms with Crippen molar-refractivity contribution >= 4 is 15.7 Å². The molecule has 2 aromatic rings. The van der Waals surface area contributed by atoms with Crippen LogP contribution in [0.15, 0.2) is 23.1 Å². The van der Waals surface area contributed by atoms with Crippen LogP contribution >= 0.6 is 0 Å². The van der Waals surface area contributed by atoms with E-state index in [1.54, 1.807) is 30.0 Å². The van der Waals surface area contributed by atoms with Gasteiger partial charge in [0, 0.05) is 29.3 Å². The maximum absolute atomic E-state index is 14.6. The lowest BCUT2D eigenvalue weighted by Crippen LogP contribution is -2.59. The van der Waals surface area contributed by atoms with Gasteiger partial charge in [0.15, 0.2) is 0 Å². The minimum Gasteiger partial charge on any atom is -0.495 e. The Hall–Kier alpha value is -2.33. The number of aliphatic hydroxyl groups is 1. The van der Waals surface area contributed by atoms with Crippen molar-refractivity contribution in [3.63, 3.8) is 0 Å². The smallest absolute Gasteiger partial charge is 0.290 e. The lowest BCUT2D eigenvalue weighted by atomic mass is 10.0. The number of methoxy groups -OCH3 is 1. The number of aliphatic hydroxyl groups excluding tert-OH is 1. The number of nitrogens with one attached hydrogen (secondary N) is 1. The van der Waals surface area contributed by atoms with Gasteiger partial charge in [-0.3, -0.25) is 0 Å². The SMILES string of the molecule is COc1ccc(-c2nc(N3C[C@@H](O)[C@@H]3C)nc3c2CCC3(F)F)cc1[S@](=N)(=O)C1CC1. The first kappa shape index (κ1) is 20.6. The fourth-order valence-corrected chi connectivity index (χ4v) is 6.18. The number of alkyl halides is 2. The highest BCUT2D eigenvalue weighted by Crippen LogP contribution is 2.46. The molecule has 0 bridgehead atoms. The monoisotopic (exact) mass is 450 g/mol. The summed E-state index contributed by atoms with van der Waals surface area (Å²) in [6, 6.07) is 4.65. The minimum atomic E-state index is -3.07. The van der Waals surface area contributed by atoms with E-state index in [9.17, 15) is 18.1 Å². The normalized spacial score (nSPS) is 26.2. The summed E-state index contributed by atoms with van der Waals surface area (Å²) < 4.78 is 56.2. The lowest BCUT2D eigenvalue weighted by Gasteiger charge is -2.43. The highest BCUT2D eigenvalue weighted by atomic mass is 32.2. The van der Waals surface area contributed by atoms with E-state index in [1.165, 1.54) is 7.11 Å². The summed E-state index contributed by atoms with van der Waals surface area (Å²) in [4.78, 5) is 10.8. The van der Waals surface area contributed by atoms with Crippen molar-refractivity contribution in [3.05, 3.63) is 29.5 Å². The van der Waals surface area contributed by atoms with Gasteiger partial charge in [-0.15, -0.1) is 0 Å². The van der Waals surface area contributed by atoms with Gasteiger partial charge in [0.05, 0.1) is 39.6 Å². The molecule has 1 saturated heterocycles. The molecular formula is C21H24F2N4O3S. The third-order valence-corrected chi connectivity index (χ3v) is 8.86. The first-order chi connectivity index (χ1) is 14.6. The van der Waals surface area contributed by atoms with Crippen LogP contribution in [0.4, 0.5) is 14.7 Å². The summed E-state index contributed by atoms with van der Waals surface area (Å²) in [7, 11) is -1.62. The van der Waals surface area contributed by atoms with Crippen molar-refractivity contribution in [1.82, 2.24) is 9.97 Å². The number of rotatable bonds is 5. The number of ether oxygens (including phenoxy) is 1. The van der Waals surface area contributed by atoms with Gasteiger partial charge in [0.1, 0.15) is 11.4 Å². The molecule has 2 heterocycles. The number of hydrogen-bond acceptors (Lipinski definition) is 7. The van der Waals surface area contributed by atoms with Crippen LogP contribution < -0.4 is 9.64 Å². The zero-order chi connectivity index (χ0) is 22.1. The highest BCUT2D eigenvalue weighted by Gasteiger charge is 2.45. The van der Waals surface area contributed by atoms with Crippen LogP contribution in [0, 0.1) is 4.78 Å². The number of halogens is 2. The van der Waals surface area contributed by atoms with E-state index in [1.807, 2.05) is 0 Å². The van der Waals surface area contributed by atoms with Crippen LogP contribution in [0.2, 0.25) is 0 Å². The predicted molar refractivity (Wildman–Crippen MR) is 111 cm³/mol. The van der Waals surface area contributed by atoms with Crippen LogP contribution in [-0.4, -0.2) is 50.3 Å². The van der Waals surface area contributed by atoms with Crippen LogP contribution in [-0.2, 0) is 22.1 Å². The predicted octanol–water partition coefficient (Wildman–Crippen LogP) is 3.33. The Morgan fingerprint density at radius 3 is 2.68 bits per heavy atom. The van der Waals surface area contributed by atoms with E-state index in [2.05, 4.69) is 9.97 Å². The average Bonchev–Trinajstić information content (AvgIpc) is 3.57. The van der Waals surface area contributed by atoms with Gasteiger partial charge in [0.2, 0.25) is 5.95 Å². The van der Waals surface area contributed by atoms with E-state index in [0.717, 1.165) is 12.8 Å². The second kappa shape index (κ2) is 6.83. The minimum absolute atomic E-state index is 0.135. The molecule has 1 saturated carbocycles. The van der Waals surface area contributed by atoms with Gasteiger partial charge < -0.3 is 14.7 Å². The second-order valence-electron chi connectivity index (χ2n) is 8.53. The van der Waals surface area contributed by atoms with Crippen LogP contribution in [0.3, 0.4) is 0 Å². The Bertz CT molecular complexity index is 1170. The maximum atomic E-state index is 14.6. The highest BCUT2D eigenvalue weighted by molar-refractivity contribution is 7.93. The third kappa shape index (κ3) is 3.18. The molecule has 2 fully saturated rings. The summed E-state index contributed by atoms with van der Waals surface area (Å²) in [5.41, 5.74) is 0.970. The van der Waals surface area contributed by atoms with Crippen molar-refractivity contribution in [2.75, 3.05) is 18.6 Å². The van der Waals surface area contributed by atoms with Crippen LogP contribution in [0.25, 0.3) is 11.3 Å². The quantitative estimate of drug-likeness (QED) is 0.725. The number of benzene rings is 1. The molecule has 7 nitrogen and oxygen atoms in total. The van der Waals surface area contributed by atoms with Gasteiger partial charge in [0.25, 0.3) is 5.92 Å². The van der Waals surface area contributed by atoms with E-state index in [4.69, 9.17) is 9.52 Å². The summed E-state index contributed by atoms with van der Waals surface area (Å²) in [6.45, 7) is 2.07. The molecule has 0 unspecified atom stereocenters. The summed E-state index contributed by atoms with van der Waals surface area (Å²) >= 11 is 0. The second-order valence-corrected chi connectivity index (χ2v) is 10.8. The number of aromatic nitrogens is 2. The molecule has 0 amide bonds. The fraction of sp³-hybridized carbons (Fsp3) is 0.524. The Labute approximate surface area is 179 Å². The van der Waals surface area contributed by atoms with E-state index in [0.29, 0.717) is 22.6 Å². The fourth-order valence-electron chi connectivity index (χ4n) is 4.27. The van der Waals surface area contributed by atoms with E-state index >= 15 is 0 Å². The maximum Gasteiger partial charge on any atom is 0.290 e. The molecule has 1 aromatic heterocycles. The van der Waals surface area contributed by atoms with Gasteiger partial charge in [-0.25, -0.2) is 19.0 Å². The molecule has 3 aliphatic rings. The summed E-state index contributed by atoms with van der Waals surface area (Å²) in [5, 5.41) is 9.65. The molecule has 166 valence electrons.